The molecule has 2 amide bonds. The van der Waals surface area contributed by atoms with Gasteiger partial charge in [-0.15, -0.1) is 0 Å². The minimum atomic E-state index is -1.03. The third kappa shape index (κ3) is 2.88. The summed E-state index contributed by atoms with van der Waals surface area (Å²) >= 11 is 0. The van der Waals surface area contributed by atoms with E-state index in [0.29, 0.717) is 30.8 Å². The van der Waals surface area contributed by atoms with E-state index in [1.807, 2.05) is 6.08 Å². The molecule has 3 rings (SSSR count). The first-order chi connectivity index (χ1) is 11.5. The van der Waals surface area contributed by atoms with Crippen LogP contribution >= 0.6 is 0 Å². The molecule has 24 heavy (non-hydrogen) atoms. The normalized spacial score (nSPS) is 20.4. The number of primary amides is 1. The maximum atomic E-state index is 14.5. The molecule has 124 valence electrons. The predicted molar refractivity (Wildman–Crippen MR) is 83.0 cm³/mol. The van der Waals surface area contributed by atoms with Gasteiger partial charge in [-0.05, 0) is 30.2 Å². The molecular weight excluding hydrogens is 315 g/mol. The molecule has 1 aromatic carbocycles. The van der Waals surface area contributed by atoms with E-state index in [-0.39, 0.29) is 6.54 Å². The number of nitrogens with two attached hydrogens (primary N) is 1. The van der Waals surface area contributed by atoms with Crippen molar-refractivity contribution in [1.29, 1.82) is 5.26 Å². The van der Waals surface area contributed by atoms with Crippen molar-refractivity contribution in [2.45, 2.75) is 12.5 Å². The van der Waals surface area contributed by atoms with Crippen LogP contribution in [0.25, 0.3) is 5.57 Å². The van der Waals surface area contributed by atoms with Crippen molar-refractivity contribution < 1.29 is 18.7 Å². The molecular formula is C16H15FN4O3. The van der Waals surface area contributed by atoms with Gasteiger partial charge in [0.25, 0.3) is 5.91 Å². The maximum Gasteiger partial charge on any atom is 0.415 e. The summed E-state index contributed by atoms with van der Waals surface area (Å²) in [5, 5.41) is 8.84. The van der Waals surface area contributed by atoms with E-state index >= 15 is 0 Å². The average molecular weight is 330 g/mol. The molecule has 0 unspecified atom stereocenters. The lowest BCUT2D eigenvalue weighted by atomic mass is 9.98. The average Bonchev–Trinajstić information content (AvgIpc) is 2.97. The van der Waals surface area contributed by atoms with Gasteiger partial charge in [0.15, 0.2) is 12.3 Å². The van der Waals surface area contributed by atoms with E-state index < -0.39 is 23.9 Å². The number of hydrogen-bond donors (Lipinski definition) is 1. The summed E-state index contributed by atoms with van der Waals surface area (Å²) < 4.78 is 19.3. The van der Waals surface area contributed by atoms with Crippen LogP contribution in [-0.2, 0) is 9.53 Å². The smallest absolute Gasteiger partial charge is 0.415 e. The number of anilines is 1. The van der Waals surface area contributed by atoms with Crippen LogP contribution in [0.3, 0.4) is 0 Å². The largest absolute Gasteiger partial charge is 0.434 e. The Kier molecular flexibility index (Phi) is 4.08. The fourth-order valence-corrected chi connectivity index (χ4v) is 2.76. The fourth-order valence-electron chi connectivity index (χ4n) is 2.76. The second-order valence-corrected chi connectivity index (χ2v) is 5.57. The number of halogens is 1. The Morgan fingerprint density at radius 2 is 2.25 bits per heavy atom. The Balaban J connectivity index is 1.81. The van der Waals surface area contributed by atoms with Crippen LogP contribution in [0.15, 0.2) is 24.3 Å². The summed E-state index contributed by atoms with van der Waals surface area (Å²) in [5.41, 5.74) is 6.69. The molecule has 7 nitrogen and oxygen atoms in total. The molecule has 1 saturated heterocycles. The zero-order valence-corrected chi connectivity index (χ0v) is 12.7. The van der Waals surface area contributed by atoms with Gasteiger partial charge in [0, 0.05) is 18.7 Å². The van der Waals surface area contributed by atoms with Gasteiger partial charge in [-0.1, -0.05) is 6.08 Å². The number of nitrogens with zero attached hydrogens (tertiary/aromatic N) is 3. The number of cyclic esters (lactones) is 1. The van der Waals surface area contributed by atoms with Crippen molar-refractivity contribution in [3.8, 4) is 6.19 Å². The number of rotatable bonds is 3. The molecule has 2 aliphatic rings. The lowest BCUT2D eigenvalue weighted by Crippen LogP contribution is -2.32. The molecule has 2 aliphatic heterocycles. The quantitative estimate of drug-likeness (QED) is 0.840. The Morgan fingerprint density at radius 3 is 2.79 bits per heavy atom. The third-order valence-corrected chi connectivity index (χ3v) is 4.09. The van der Waals surface area contributed by atoms with Crippen LogP contribution in [0.4, 0.5) is 14.9 Å². The summed E-state index contributed by atoms with van der Waals surface area (Å²) in [5.74, 6) is -1.21. The van der Waals surface area contributed by atoms with Gasteiger partial charge in [0.2, 0.25) is 0 Å². The molecule has 1 aromatic rings. The number of hydrogen-bond acceptors (Lipinski definition) is 5. The van der Waals surface area contributed by atoms with Gasteiger partial charge in [-0.3, -0.25) is 9.69 Å². The SMILES string of the molecule is N#CN1CC=C(c2ccc(N3C[C@H](C(N)=O)OC3=O)cc2F)CC1. The highest BCUT2D eigenvalue weighted by atomic mass is 19.1. The molecule has 0 aromatic heterocycles. The van der Waals surface area contributed by atoms with Crippen molar-refractivity contribution in [2.75, 3.05) is 24.5 Å². The van der Waals surface area contributed by atoms with E-state index in [1.54, 1.807) is 17.0 Å². The maximum absolute atomic E-state index is 14.5. The molecule has 0 aliphatic carbocycles. The second-order valence-electron chi connectivity index (χ2n) is 5.57. The predicted octanol–water partition coefficient (Wildman–Crippen LogP) is 1.21. The highest BCUT2D eigenvalue weighted by molar-refractivity contribution is 5.95. The summed E-state index contributed by atoms with van der Waals surface area (Å²) in [6.45, 7) is 0.959. The second kappa shape index (κ2) is 6.20. The van der Waals surface area contributed by atoms with Gasteiger partial charge >= 0.3 is 6.09 Å². The van der Waals surface area contributed by atoms with Crippen molar-refractivity contribution in [1.82, 2.24) is 4.90 Å². The summed E-state index contributed by atoms with van der Waals surface area (Å²) in [6.07, 6.45) is 2.68. The number of ether oxygens (including phenoxy) is 1. The first kappa shape index (κ1) is 15.8. The Hall–Kier alpha value is -3.08. The number of nitriles is 1. The highest BCUT2D eigenvalue weighted by Crippen LogP contribution is 2.29. The van der Waals surface area contributed by atoms with Crippen LogP contribution in [0.5, 0.6) is 0 Å². The zero-order chi connectivity index (χ0) is 17.3. The minimum absolute atomic E-state index is 0.0349. The van der Waals surface area contributed by atoms with Crippen LogP contribution in [0.2, 0.25) is 0 Å². The lowest BCUT2D eigenvalue weighted by molar-refractivity contribution is -0.124. The van der Waals surface area contributed by atoms with E-state index in [0.717, 1.165) is 5.57 Å². The minimum Gasteiger partial charge on any atom is -0.434 e. The summed E-state index contributed by atoms with van der Waals surface area (Å²) in [7, 11) is 0. The standard InChI is InChI=1S/C16H15FN4O3/c17-13-7-11(21-8-14(15(19)22)24-16(21)23)1-2-12(13)10-3-5-20(9-18)6-4-10/h1-3,7,14H,4-6,8H2,(H2,19,22)/t14-/m1/s1. The van der Waals surface area contributed by atoms with Gasteiger partial charge < -0.3 is 15.4 Å². The molecule has 1 atom stereocenters. The number of carbonyl (C=O) groups excluding carboxylic acids is 2. The van der Waals surface area contributed by atoms with E-state index in [9.17, 15) is 14.0 Å². The number of amides is 2. The van der Waals surface area contributed by atoms with Gasteiger partial charge in [-0.25, -0.2) is 9.18 Å². The van der Waals surface area contributed by atoms with Crippen LogP contribution in [0, 0.1) is 17.3 Å². The molecule has 0 bridgehead atoms. The molecule has 0 radical (unpaired) electrons. The number of carbonyl (C=O) groups is 2. The van der Waals surface area contributed by atoms with E-state index in [4.69, 9.17) is 15.7 Å². The van der Waals surface area contributed by atoms with Gasteiger partial charge in [0.1, 0.15) is 5.82 Å². The monoisotopic (exact) mass is 330 g/mol. The van der Waals surface area contributed by atoms with E-state index in [1.165, 1.54) is 11.0 Å². The first-order valence-electron chi connectivity index (χ1n) is 7.40. The molecule has 0 saturated carbocycles. The fraction of sp³-hybridized carbons (Fsp3) is 0.312. The van der Waals surface area contributed by atoms with Crippen molar-refractivity contribution in [3.05, 3.63) is 35.7 Å². The molecule has 8 heteroatoms. The van der Waals surface area contributed by atoms with Crippen LogP contribution in [0.1, 0.15) is 12.0 Å². The van der Waals surface area contributed by atoms with Gasteiger partial charge in [-0.2, -0.15) is 5.26 Å². The van der Waals surface area contributed by atoms with Crippen LogP contribution < -0.4 is 10.6 Å². The molecule has 2 N–H and O–H groups in total. The van der Waals surface area contributed by atoms with Gasteiger partial charge in [0.05, 0.1) is 12.2 Å². The number of benzene rings is 1. The summed E-state index contributed by atoms with van der Waals surface area (Å²) in [6, 6.07) is 4.42. The van der Waals surface area contributed by atoms with E-state index in [2.05, 4.69) is 6.19 Å². The lowest BCUT2D eigenvalue weighted by Gasteiger charge is -2.22. The highest BCUT2D eigenvalue weighted by Gasteiger charge is 2.36. The van der Waals surface area contributed by atoms with Crippen LogP contribution in [-0.4, -0.2) is 42.6 Å². The zero-order valence-electron chi connectivity index (χ0n) is 12.7. The van der Waals surface area contributed by atoms with Crippen molar-refractivity contribution in [2.24, 2.45) is 5.73 Å². The summed E-state index contributed by atoms with van der Waals surface area (Å²) in [4.78, 5) is 25.7. The molecule has 0 spiro atoms. The molecule has 2 heterocycles. The Labute approximate surface area is 137 Å². The Bertz CT molecular complexity index is 771. The topological polar surface area (TPSA) is 99.7 Å². The Morgan fingerprint density at radius 1 is 1.46 bits per heavy atom. The van der Waals surface area contributed by atoms with Crippen molar-refractivity contribution in [3.63, 3.8) is 0 Å². The third-order valence-electron chi connectivity index (χ3n) is 4.09. The van der Waals surface area contributed by atoms with Crippen molar-refractivity contribution >= 4 is 23.3 Å². The first-order valence-corrected chi connectivity index (χ1v) is 7.40. The molecule has 1 fully saturated rings.